The fourth-order valence-electron chi connectivity index (χ4n) is 2.87. The highest BCUT2D eigenvalue weighted by atomic mass is 16.5. The van der Waals surface area contributed by atoms with E-state index in [-0.39, 0.29) is 11.1 Å². The van der Waals surface area contributed by atoms with Crippen LogP contribution in [0.3, 0.4) is 0 Å². The predicted molar refractivity (Wildman–Crippen MR) is 111 cm³/mol. The minimum Gasteiger partial charge on any atom is -0.465 e. The van der Waals surface area contributed by atoms with Crippen LogP contribution in [-0.2, 0) is 4.74 Å². The van der Waals surface area contributed by atoms with E-state index in [0.29, 0.717) is 22.7 Å². The number of benzene rings is 2. The molecule has 7 heteroatoms. The largest absolute Gasteiger partial charge is 0.465 e. The smallest absolute Gasteiger partial charge is 0.337 e. The first-order chi connectivity index (χ1) is 14.6. The number of rotatable bonds is 4. The highest BCUT2D eigenvalue weighted by molar-refractivity contribution is 6.05. The number of fused-ring (bicyclic) bond motifs is 1. The number of amides is 1. The van der Waals surface area contributed by atoms with Crippen LogP contribution in [0.2, 0.25) is 0 Å². The average molecular weight is 399 g/mol. The first-order valence-corrected chi connectivity index (χ1v) is 9.12. The molecule has 0 saturated heterocycles. The number of ether oxygens (including phenoxy) is 1. The van der Waals surface area contributed by atoms with Crippen molar-refractivity contribution in [1.29, 1.82) is 0 Å². The molecule has 0 unspecified atom stereocenters. The molecule has 0 spiro atoms. The van der Waals surface area contributed by atoms with Crippen molar-refractivity contribution >= 4 is 34.4 Å². The lowest BCUT2D eigenvalue weighted by Crippen LogP contribution is -2.22. The summed E-state index contributed by atoms with van der Waals surface area (Å²) in [7, 11) is 1.31. The van der Waals surface area contributed by atoms with Gasteiger partial charge in [-0.05, 0) is 42.5 Å². The van der Waals surface area contributed by atoms with Crippen molar-refractivity contribution in [2.75, 3.05) is 12.4 Å². The third kappa shape index (κ3) is 4.10. The molecule has 0 fully saturated rings. The number of carbonyl (C=O) groups is 2. The van der Waals surface area contributed by atoms with Crippen molar-refractivity contribution in [3.05, 3.63) is 95.7 Å². The van der Waals surface area contributed by atoms with Crippen molar-refractivity contribution in [2.45, 2.75) is 0 Å². The number of methoxy groups -OCH3 is 1. The Kier molecular flexibility index (Phi) is 5.34. The summed E-state index contributed by atoms with van der Waals surface area (Å²) in [5.41, 5.74) is 1.73. The van der Waals surface area contributed by atoms with Gasteiger partial charge in [-0.1, -0.05) is 30.3 Å². The van der Waals surface area contributed by atoms with Gasteiger partial charge in [0, 0.05) is 11.6 Å². The van der Waals surface area contributed by atoms with Crippen LogP contribution in [0.15, 0.2) is 88.4 Å². The summed E-state index contributed by atoms with van der Waals surface area (Å²) in [6, 6.07) is 20.8. The van der Waals surface area contributed by atoms with Crippen LogP contribution in [-0.4, -0.2) is 24.0 Å². The average Bonchev–Trinajstić information content (AvgIpc) is 2.79. The molecule has 4 aromatic rings. The van der Waals surface area contributed by atoms with Gasteiger partial charge < -0.3 is 14.5 Å². The van der Waals surface area contributed by atoms with Gasteiger partial charge in [-0.3, -0.25) is 4.79 Å². The molecule has 1 amide bonds. The molecule has 0 aliphatic carbocycles. The van der Waals surface area contributed by atoms with Crippen molar-refractivity contribution in [1.82, 2.24) is 4.98 Å². The fourth-order valence-corrected chi connectivity index (χ4v) is 2.87. The summed E-state index contributed by atoms with van der Waals surface area (Å²) in [6.07, 6.45) is 1.59. The maximum atomic E-state index is 12.9. The number of nitrogens with zero attached hydrogens (tertiary/aromatic N) is 2. The molecule has 30 heavy (non-hydrogen) atoms. The Hall–Kier alpha value is -4.26. The van der Waals surface area contributed by atoms with Crippen LogP contribution in [0, 0.1) is 0 Å². The monoisotopic (exact) mass is 399 g/mol. The highest BCUT2D eigenvalue weighted by Gasteiger charge is 2.14. The Bertz CT molecular complexity index is 1300. The first-order valence-electron chi connectivity index (χ1n) is 9.12. The fraction of sp³-hybridized carbons (Fsp3) is 0.0435. The predicted octanol–water partition coefficient (Wildman–Crippen LogP) is 4.10. The van der Waals surface area contributed by atoms with Crippen LogP contribution in [0.25, 0.3) is 11.0 Å². The number of aromatic nitrogens is 1. The lowest BCUT2D eigenvalue weighted by molar-refractivity contribution is 0.0600. The molecular weight excluding hydrogens is 382 g/mol. The molecule has 0 aliphatic rings. The molecule has 0 atom stereocenters. The maximum absolute atomic E-state index is 12.9. The zero-order valence-corrected chi connectivity index (χ0v) is 16.0. The third-order valence-electron chi connectivity index (χ3n) is 4.30. The van der Waals surface area contributed by atoms with Gasteiger partial charge in [0.25, 0.3) is 5.91 Å². The Balaban J connectivity index is 1.83. The summed E-state index contributed by atoms with van der Waals surface area (Å²) >= 11 is 0. The third-order valence-corrected chi connectivity index (χ3v) is 4.30. The summed E-state index contributed by atoms with van der Waals surface area (Å²) in [5, 5.41) is 3.50. The van der Waals surface area contributed by atoms with E-state index >= 15 is 0 Å². The Labute approximate surface area is 171 Å². The van der Waals surface area contributed by atoms with E-state index in [4.69, 9.17) is 9.15 Å². The van der Waals surface area contributed by atoms with Crippen LogP contribution in [0.5, 0.6) is 0 Å². The van der Waals surface area contributed by atoms with E-state index in [9.17, 15) is 9.59 Å². The van der Waals surface area contributed by atoms with Gasteiger partial charge in [0.15, 0.2) is 0 Å². The molecule has 2 aromatic carbocycles. The maximum Gasteiger partial charge on any atom is 0.337 e. The molecule has 7 nitrogen and oxygen atoms in total. The topological polar surface area (TPSA) is 93.8 Å². The van der Waals surface area contributed by atoms with Crippen molar-refractivity contribution in [2.24, 2.45) is 4.99 Å². The van der Waals surface area contributed by atoms with Gasteiger partial charge in [-0.15, -0.1) is 0 Å². The van der Waals surface area contributed by atoms with Crippen LogP contribution in [0.4, 0.5) is 11.5 Å². The number of carbonyl (C=O) groups excluding carboxylic acids is 2. The second-order valence-corrected chi connectivity index (χ2v) is 6.33. The Morgan fingerprint density at radius 2 is 1.83 bits per heavy atom. The molecule has 0 radical (unpaired) electrons. The lowest BCUT2D eigenvalue weighted by Gasteiger charge is -2.06. The highest BCUT2D eigenvalue weighted by Crippen LogP contribution is 2.17. The minimum atomic E-state index is -0.476. The van der Waals surface area contributed by atoms with Gasteiger partial charge in [0.05, 0.1) is 18.4 Å². The van der Waals surface area contributed by atoms with E-state index in [0.717, 1.165) is 5.39 Å². The first kappa shape index (κ1) is 19.1. The number of para-hydroxylation sites is 1. The number of pyridine rings is 1. The van der Waals surface area contributed by atoms with Crippen molar-refractivity contribution < 1.29 is 18.7 Å². The summed E-state index contributed by atoms with van der Waals surface area (Å²) < 4.78 is 10.7. The molecule has 2 heterocycles. The SMILES string of the molecule is COC(=O)c1cccc(N=c2oc3ccccc3cc2C(=O)Nc2ccccn2)c1. The van der Waals surface area contributed by atoms with Crippen molar-refractivity contribution in [3.8, 4) is 0 Å². The van der Waals surface area contributed by atoms with Crippen LogP contribution >= 0.6 is 0 Å². The number of esters is 1. The van der Waals surface area contributed by atoms with Gasteiger partial charge >= 0.3 is 5.97 Å². The van der Waals surface area contributed by atoms with Gasteiger partial charge in [0.2, 0.25) is 5.55 Å². The zero-order chi connectivity index (χ0) is 20.9. The quantitative estimate of drug-likeness (QED) is 0.522. The Morgan fingerprint density at radius 3 is 2.63 bits per heavy atom. The Morgan fingerprint density at radius 1 is 1.00 bits per heavy atom. The standard InChI is InChI=1S/C23H17N3O4/c1-29-23(28)16-8-6-9-17(13-16)25-22-18(14-15-7-2-3-10-19(15)30-22)21(27)26-20-11-4-5-12-24-20/h2-14H,1H3,(H,24,26,27). The minimum absolute atomic E-state index is 0.115. The molecule has 0 bridgehead atoms. The van der Waals surface area contributed by atoms with Gasteiger partial charge in [-0.25, -0.2) is 14.8 Å². The summed E-state index contributed by atoms with van der Waals surface area (Å²) in [4.78, 5) is 33.3. The summed E-state index contributed by atoms with van der Waals surface area (Å²) in [6.45, 7) is 0. The zero-order valence-electron chi connectivity index (χ0n) is 16.0. The molecule has 0 saturated carbocycles. The van der Waals surface area contributed by atoms with E-state index < -0.39 is 11.9 Å². The van der Waals surface area contributed by atoms with E-state index in [1.807, 2.05) is 18.2 Å². The normalized spacial score (nSPS) is 11.3. The summed E-state index contributed by atoms with van der Waals surface area (Å²) in [5.74, 6) is -0.476. The molecule has 148 valence electrons. The van der Waals surface area contributed by atoms with Gasteiger partial charge in [-0.2, -0.15) is 0 Å². The van der Waals surface area contributed by atoms with E-state index in [1.165, 1.54) is 7.11 Å². The van der Waals surface area contributed by atoms with E-state index in [2.05, 4.69) is 15.3 Å². The molecular formula is C23H17N3O4. The number of nitrogens with one attached hydrogen (secondary N) is 1. The van der Waals surface area contributed by atoms with Gasteiger partial charge in [0.1, 0.15) is 17.0 Å². The second-order valence-electron chi connectivity index (χ2n) is 6.33. The molecule has 1 N–H and O–H groups in total. The number of anilines is 1. The van der Waals surface area contributed by atoms with Crippen molar-refractivity contribution in [3.63, 3.8) is 0 Å². The number of hydrogen-bond acceptors (Lipinski definition) is 6. The molecule has 0 aliphatic heterocycles. The number of hydrogen-bond donors (Lipinski definition) is 1. The second kappa shape index (κ2) is 8.40. The lowest BCUT2D eigenvalue weighted by atomic mass is 10.1. The molecule has 2 aromatic heterocycles. The molecule has 4 rings (SSSR count). The van der Waals surface area contributed by atoms with Crippen LogP contribution < -0.4 is 10.9 Å². The van der Waals surface area contributed by atoms with E-state index in [1.54, 1.807) is 60.8 Å². The van der Waals surface area contributed by atoms with Crippen LogP contribution in [0.1, 0.15) is 20.7 Å².